The molecular formula is C14H15BrN4O2. The Morgan fingerprint density at radius 1 is 1.33 bits per heavy atom. The Morgan fingerprint density at radius 2 is 1.95 bits per heavy atom. The van der Waals surface area contributed by atoms with E-state index in [-0.39, 0.29) is 11.6 Å². The number of halogens is 1. The number of carbonyl (C=O) groups is 2. The summed E-state index contributed by atoms with van der Waals surface area (Å²) in [6.07, 6.45) is 0. The number of amides is 2. The summed E-state index contributed by atoms with van der Waals surface area (Å²) in [6.45, 7) is 4.06. The minimum Gasteiger partial charge on any atom is -0.364 e. The van der Waals surface area contributed by atoms with Crippen LogP contribution in [-0.2, 0) is 6.54 Å². The lowest BCUT2D eigenvalue weighted by atomic mass is 10.2. The highest BCUT2D eigenvalue weighted by atomic mass is 79.9. The lowest BCUT2D eigenvalue weighted by Gasteiger charge is -2.07. The molecule has 0 saturated carbocycles. The zero-order valence-electron chi connectivity index (χ0n) is 11.7. The van der Waals surface area contributed by atoms with Crippen LogP contribution in [0, 0.1) is 6.92 Å². The maximum atomic E-state index is 12.2. The van der Waals surface area contributed by atoms with Crippen LogP contribution >= 0.6 is 15.9 Å². The first-order valence-electron chi connectivity index (χ1n) is 6.38. The van der Waals surface area contributed by atoms with Crippen molar-refractivity contribution in [2.24, 2.45) is 5.73 Å². The molecule has 2 rings (SSSR count). The molecule has 0 fully saturated rings. The van der Waals surface area contributed by atoms with E-state index in [0.29, 0.717) is 23.5 Å². The molecule has 0 unspecified atom stereocenters. The summed E-state index contributed by atoms with van der Waals surface area (Å²) >= 11 is 3.31. The van der Waals surface area contributed by atoms with E-state index in [1.54, 1.807) is 31.2 Å². The Labute approximate surface area is 130 Å². The number of primary amides is 1. The molecule has 0 saturated heterocycles. The van der Waals surface area contributed by atoms with Gasteiger partial charge in [-0.2, -0.15) is 5.10 Å². The molecule has 0 radical (unpaired) electrons. The summed E-state index contributed by atoms with van der Waals surface area (Å²) < 4.78 is 2.36. The van der Waals surface area contributed by atoms with Crippen molar-refractivity contribution in [3.8, 4) is 0 Å². The molecule has 1 heterocycles. The second-order valence-electron chi connectivity index (χ2n) is 4.45. The van der Waals surface area contributed by atoms with E-state index in [0.717, 1.165) is 4.47 Å². The van der Waals surface area contributed by atoms with Crippen molar-refractivity contribution in [1.82, 2.24) is 9.78 Å². The fraction of sp³-hybridized carbons (Fsp3) is 0.214. The number of aromatic nitrogens is 2. The number of benzene rings is 1. The lowest BCUT2D eigenvalue weighted by molar-refractivity contribution is 0.0991. The van der Waals surface area contributed by atoms with Crippen LogP contribution in [0.5, 0.6) is 0 Å². The first kappa shape index (κ1) is 15.2. The molecule has 110 valence electrons. The molecule has 3 N–H and O–H groups in total. The van der Waals surface area contributed by atoms with E-state index >= 15 is 0 Å². The van der Waals surface area contributed by atoms with Crippen LogP contribution in [0.15, 0.2) is 28.7 Å². The molecule has 21 heavy (non-hydrogen) atoms. The third-order valence-corrected chi connectivity index (χ3v) is 3.53. The molecule has 7 heteroatoms. The Morgan fingerprint density at radius 3 is 2.48 bits per heavy atom. The molecule has 0 aliphatic heterocycles. The van der Waals surface area contributed by atoms with Gasteiger partial charge in [-0.1, -0.05) is 15.9 Å². The molecule has 6 nitrogen and oxygen atoms in total. The fourth-order valence-electron chi connectivity index (χ4n) is 2.00. The van der Waals surface area contributed by atoms with Crippen molar-refractivity contribution in [3.05, 3.63) is 45.7 Å². The van der Waals surface area contributed by atoms with Crippen LogP contribution in [0.3, 0.4) is 0 Å². The van der Waals surface area contributed by atoms with Gasteiger partial charge in [-0.15, -0.1) is 0 Å². The lowest BCUT2D eigenvalue weighted by Crippen LogP contribution is -2.21. The number of anilines is 1. The largest absolute Gasteiger partial charge is 0.364 e. The monoisotopic (exact) mass is 350 g/mol. The predicted octanol–water partition coefficient (Wildman–Crippen LogP) is 2.33. The standard InChI is InChI=1S/C14H15BrN4O2/c1-3-19-12(13(16)20)11(8(2)18-19)17-14(21)9-4-6-10(15)7-5-9/h4-7H,3H2,1-2H3,(H2,16,20)(H,17,21). The molecular weight excluding hydrogens is 336 g/mol. The SMILES string of the molecule is CCn1nc(C)c(NC(=O)c2ccc(Br)cc2)c1C(N)=O. The van der Waals surface area contributed by atoms with Crippen molar-refractivity contribution in [2.45, 2.75) is 20.4 Å². The van der Waals surface area contributed by atoms with E-state index in [1.807, 2.05) is 6.92 Å². The third-order valence-electron chi connectivity index (χ3n) is 3.01. The Balaban J connectivity index is 2.35. The minimum absolute atomic E-state index is 0.209. The average Bonchev–Trinajstić information content (AvgIpc) is 2.76. The van der Waals surface area contributed by atoms with Crippen LogP contribution in [0.25, 0.3) is 0 Å². The molecule has 0 spiro atoms. The normalized spacial score (nSPS) is 10.4. The van der Waals surface area contributed by atoms with E-state index in [2.05, 4.69) is 26.3 Å². The summed E-state index contributed by atoms with van der Waals surface area (Å²) in [5.74, 6) is -0.938. The number of nitrogens with zero attached hydrogens (tertiary/aromatic N) is 2. The molecule has 0 atom stereocenters. The Bertz CT molecular complexity index is 692. The fourth-order valence-corrected chi connectivity index (χ4v) is 2.26. The van der Waals surface area contributed by atoms with Crippen LogP contribution < -0.4 is 11.1 Å². The van der Waals surface area contributed by atoms with Crippen LogP contribution in [-0.4, -0.2) is 21.6 Å². The molecule has 0 aliphatic carbocycles. The van der Waals surface area contributed by atoms with Gasteiger partial charge in [0.25, 0.3) is 11.8 Å². The van der Waals surface area contributed by atoms with Gasteiger partial charge in [0.2, 0.25) is 0 Å². The van der Waals surface area contributed by atoms with E-state index in [4.69, 9.17) is 5.73 Å². The molecule has 2 amide bonds. The summed E-state index contributed by atoms with van der Waals surface area (Å²) in [6, 6.07) is 6.91. The zero-order chi connectivity index (χ0) is 15.6. The molecule has 2 aromatic rings. The van der Waals surface area contributed by atoms with E-state index < -0.39 is 5.91 Å². The van der Waals surface area contributed by atoms with Gasteiger partial charge in [-0.25, -0.2) is 0 Å². The molecule has 1 aromatic heterocycles. The van der Waals surface area contributed by atoms with Crippen LogP contribution in [0.2, 0.25) is 0 Å². The van der Waals surface area contributed by atoms with Crippen molar-refractivity contribution >= 4 is 33.4 Å². The van der Waals surface area contributed by atoms with Gasteiger partial charge >= 0.3 is 0 Å². The smallest absolute Gasteiger partial charge is 0.269 e. The number of hydrogen-bond acceptors (Lipinski definition) is 3. The van der Waals surface area contributed by atoms with Gasteiger partial charge in [0.1, 0.15) is 5.69 Å². The van der Waals surface area contributed by atoms with E-state index in [1.165, 1.54) is 4.68 Å². The summed E-state index contributed by atoms with van der Waals surface area (Å²) in [7, 11) is 0. The first-order chi connectivity index (χ1) is 9.93. The second kappa shape index (κ2) is 6.09. The highest BCUT2D eigenvalue weighted by Crippen LogP contribution is 2.21. The molecule has 0 bridgehead atoms. The van der Waals surface area contributed by atoms with Crippen molar-refractivity contribution in [3.63, 3.8) is 0 Å². The number of rotatable bonds is 4. The van der Waals surface area contributed by atoms with Gasteiger partial charge in [0, 0.05) is 16.6 Å². The van der Waals surface area contributed by atoms with E-state index in [9.17, 15) is 9.59 Å². The van der Waals surface area contributed by atoms with Gasteiger partial charge < -0.3 is 11.1 Å². The van der Waals surface area contributed by atoms with Crippen molar-refractivity contribution in [1.29, 1.82) is 0 Å². The quantitative estimate of drug-likeness (QED) is 0.886. The summed E-state index contributed by atoms with van der Waals surface area (Å²) in [5.41, 5.74) is 6.98. The molecule has 1 aromatic carbocycles. The first-order valence-corrected chi connectivity index (χ1v) is 7.17. The van der Waals surface area contributed by atoms with Crippen LogP contribution in [0.4, 0.5) is 5.69 Å². The maximum Gasteiger partial charge on any atom is 0.269 e. The third kappa shape index (κ3) is 3.13. The number of aryl methyl sites for hydroxylation is 2. The predicted molar refractivity (Wildman–Crippen MR) is 83.3 cm³/mol. The Hall–Kier alpha value is -2.15. The summed E-state index contributed by atoms with van der Waals surface area (Å²) in [4.78, 5) is 23.8. The van der Waals surface area contributed by atoms with Gasteiger partial charge in [-0.3, -0.25) is 14.3 Å². The highest BCUT2D eigenvalue weighted by molar-refractivity contribution is 9.10. The minimum atomic E-state index is -0.622. The maximum absolute atomic E-state index is 12.2. The zero-order valence-corrected chi connectivity index (χ0v) is 13.3. The van der Waals surface area contributed by atoms with Gasteiger partial charge in [0.15, 0.2) is 0 Å². The molecule has 0 aliphatic rings. The number of hydrogen-bond donors (Lipinski definition) is 2. The van der Waals surface area contributed by atoms with Gasteiger partial charge in [0.05, 0.1) is 11.4 Å². The van der Waals surface area contributed by atoms with Crippen molar-refractivity contribution in [2.75, 3.05) is 5.32 Å². The van der Waals surface area contributed by atoms with Crippen LogP contribution in [0.1, 0.15) is 33.5 Å². The number of nitrogens with two attached hydrogens (primary N) is 1. The van der Waals surface area contributed by atoms with Crippen molar-refractivity contribution < 1.29 is 9.59 Å². The summed E-state index contributed by atoms with van der Waals surface area (Å²) in [5, 5.41) is 6.92. The highest BCUT2D eigenvalue weighted by Gasteiger charge is 2.21. The average molecular weight is 351 g/mol. The second-order valence-corrected chi connectivity index (χ2v) is 5.37. The Kier molecular flexibility index (Phi) is 4.42. The van der Waals surface area contributed by atoms with Gasteiger partial charge in [-0.05, 0) is 38.1 Å². The topological polar surface area (TPSA) is 90.0 Å². The number of nitrogens with one attached hydrogen (secondary N) is 1. The number of carbonyl (C=O) groups excluding carboxylic acids is 2.